The maximum absolute atomic E-state index is 5.28. The first kappa shape index (κ1) is 9.99. The molecule has 1 aliphatic heterocycles. The maximum atomic E-state index is 5.28. The molecule has 3 rings (SSSR count). The molecule has 2 unspecified atom stereocenters. The summed E-state index contributed by atoms with van der Waals surface area (Å²) in [6, 6.07) is 4.27. The van der Waals surface area contributed by atoms with E-state index in [1.165, 1.54) is 4.88 Å². The summed E-state index contributed by atoms with van der Waals surface area (Å²) in [6.45, 7) is 3.77. The van der Waals surface area contributed by atoms with Gasteiger partial charge in [0.25, 0.3) is 0 Å². The van der Waals surface area contributed by atoms with Crippen molar-refractivity contribution in [3.63, 3.8) is 0 Å². The molecule has 0 saturated carbocycles. The van der Waals surface area contributed by atoms with E-state index in [1.807, 2.05) is 6.92 Å². The smallest absolute Gasteiger partial charge is 0.231 e. The third kappa shape index (κ3) is 1.66. The first-order valence-corrected chi connectivity index (χ1v) is 6.27. The number of rotatable bonds is 2. The SMILES string of the molecule is Cc1noc(C2CNCC2c2cccs2)n1. The normalized spacial score (nSPS) is 25.1. The van der Waals surface area contributed by atoms with Gasteiger partial charge in [0.2, 0.25) is 5.89 Å². The topological polar surface area (TPSA) is 51.0 Å². The Morgan fingerprint density at radius 1 is 1.44 bits per heavy atom. The van der Waals surface area contributed by atoms with Gasteiger partial charge in [-0.2, -0.15) is 4.98 Å². The average molecular weight is 235 g/mol. The highest BCUT2D eigenvalue weighted by Crippen LogP contribution is 2.36. The third-order valence-corrected chi connectivity index (χ3v) is 3.99. The molecule has 1 N–H and O–H groups in total. The van der Waals surface area contributed by atoms with Crippen LogP contribution >= 0.6 is 11.3 Å². The molecule has 1 aliphatic rings. The summed E-state index contributed by atoms with van der Waals surface area (Å²) in [5, 5.41) is 9.38. The second kappa shape index (κ2) is 3.99. The maximum Gasteiger partial charge on any atom is 0.231 e. The molecule has 5 heteroatoms. The summed E-state index contributed by atoms with van der Waals surface area (Å²) in [7, 11) is 0. The van der Waals surface area contributed by atoms with E-state index in [0.29, 0.717) is 17.7 Å². The van der Waals surface area contributed by atoms with Crippen molar-refractivity contribution in [2.45, 2.75) is 18.8 Å². The molecule has 0 amide bonds. The van der Waals surface area contributed by atoms with E-state index in [0.717, 1.165) is 19.0 Å². The van der Waals surface area contributed by atoms with E-state index < -0.39 is 0 Å². The van der Waals surface area contributed by atoms with Gasteiger partial charge in [0.05, 0.1) is 5.92 Å². The van der Waals surface area contributed by atoms with Gasteiger partial charge in [-0.15, -0.1) is 11.3 Å². The summed E-state index contributed by atoms with van der Waals surface area (Å²) in [5.41, 5.74) is 0. The largest absolute Gasteiger partial charge is 0.339 e. The lowest BCUT2D eigenvalue weighted by Gasteiger charge is -2.12. The van der Waals surface area contributed by atoms with E-state index in [4.69, 9.17) is 4.52 Å². The summed E-state index contributed by atoms with van der Waals surface area (Å²) in [4.78, 5) is 5.73. The van der Waals surface area contributed by atoms with Crippen molar-refractivity contribution in [3.8, 4) is 0 Å². The van der Waals surface area contributed by atoms with Crippen LogP contribution in [0.4, 0.5) is 0 Å². The highest BCUT2D eigenvalue weighted by atomic mass is 32.1. The zero-order chi connectivity index (χ0) is 11.0. The number of hydrogen-bond donors (Lipinski definition) is 1. The fourth-order valence-electron chi connectivity index (χ4n) is 2.20. The number of aryl methyl sites for hydroxylation is 1. The Balaban J connectivity index is 1.90. The van der Waals surface area contributed by atoms with E-state index in [2.05, 4.69) is 33.0 Å². The molecule has 4 nitrogen and oxygen atoms in total. The van der Waals surface area contributed by atoms with Crippen LogP contribution < -0.4 is 5.32 Å². The predicted molar refractivity (Wildman–Crippen MR) is 61.7 cm³/mol. The molecule has 0 spiro atoms. The first-order valence-electron chi connectivity index (χ1n) is 5.39. The Bertz CT molecular complexity index is 465. The first-order chi connectivity index (χ1) is 7.84. The molecule has 16 heavy (non-hydrogen) atoms. The molecule has 1 saturated heterocycles. The van der Waals surface area contributed by atoms with E-state index in [-0.39, 0.29) is 0 Å². The molecule has 0 aliphatic carbocycles. The van der Waals surface area contributed by atoms with Gasteiger partial charge in [0.1, 0.15) is 0 Å². The summed E-state index contributed by atoms with van der Waals surface area (Å²) < 4.78 is 5.28. The lowest BCUT2D eigenvalue weighted by atomic mass is 9.94. The molecule has 3 heterocycles. The van der Waals surface area contributed by atoms with Crippen molar-refractivity contribution in [2.75, 3.05) is 13.1 Å². The van der Waals surface area contributed by atoms with Crippen LogP contribution in [0.15, 0.2) is 22.0 Å². The highest BCUT2D eigenvalue weighted by molar-refractivity contribution is 7.10. The minimum atomic E-state index is 0.319. The molecule has 84 valence electrons. The van der Waals surface area contributed by atoms with E-state index in [1.54, 1.807) is 11.3 Å². The molecule has 0 aromatic carbocycles. The second-order valence-electron chi connectivity index (χ2n) is 4.07. The van der Waals surface area contributed by atoms with Gasteiger partial charge in [-0.1, -0.05) is 11.2 Å². The molecule has 2 aromatic heterocycles. The molecule has 2 aromatic rings. The average Bonchev–Trinajstić information content (AvgIpc) is 2.96. The van der Waals surface area contributed by atoms with Crippen LogP contribution in [0.3, 0.4) is 0 Å². The standard InChI is InChI=1S/C11H13N3OS/c1-7-13-11(15-14-7)9-6-12-5-8(9)10-3-2-4-16-10/h2-4,8-9,12H,5-6H2,1H3. The van der Waals surface area contributed by atoms with Gasteiger partial charge in [0, 0.05) is 23.9 Å². The van der Waals surface area contributed by atoms with Crippen molar-refractivity contribution in [1.29, 1.82) is 0 Å². The number of aromatic nitrogens is 2. The van der Waals surface area contributed by atoms with E-state index >= 15 is 0 Å². The van der Waals surface area contributed by atoms with Crippen molar-refractivity contribution in [3.05, 3.63) is 34.1 Å². The van der Waals surface area contributed by atoms with Gasteiger partial charge in [-0.3, -0.25) is 0 Å². The molecular weight excluding hydrogens is 222 g/mol. The molecular formula is C11H13N3OS. The van der Waals surface area contributed by atoms with Crippen LogP contribution in [0, 0.1) is 6.92 Å². The Labute approximate surface area is 97.7 Å². The monoisotopic (exact) mass is 235 g/mol. The Kier molecular flexibility index (Phi) is 2.49. The Morgan fingerprint density at radius 3 is 3.00 bits per heavy atom. The second-order valence-corrected chi connectivity index (χ2v) is 5.05. The Hall–Kier alpha value is -1.20. The van der Waals surface area contributed by atoms with Crippen LogP contribution in [-0.4, -0.2) is 23.2 Å². The summed E-state index contributed by atoms with van der Waals surface area (Å²) in [5.74, 6) is 2.27. The van der Waals surface area contributed by atoms with Crippen molar-refractivity contribution in [2.24, 2.45) is 0 Å². The number of hydrogen-bond acceptors (Lipinski definition) is 5. The fraction of sp³-hybridized carbons (Fsp3) is 0.455. The number of nitrogens with one attached hydrogen (secondary N) is 1. The lowest BCUT2D eigenvalue weighted by Crippen LogP contribution is -2.08. The van der Waals surface area contributed by atoms with Crippen molar-refractivity contribution in [1.82, 2.24) is 15.5 Å². The zero-order valence-corrected chi connectivity index (χ0v) is 9.83. The minimum absolute atomic E-state index is 0.319. The fourth-order valence-corrected chi connectivity index (χ4v) is 3.10. The number of thiophene rings is 1. The quantitative estimate of drug-likeness (QED) is 0.864. The summed E-state index contributed by atoms with van der Waals surface area (Å²) in [6.07, 6.45) is 0. The van der Waals surface area contributed by atoms with Crippen LogP contribution in [0.2, 0.25) is 0 Å². The zero-order valence-electron chi connectivity index (χ0n) is 9.01. The minimum Gasteiger partial charge on any atom is -0.339 e. The van der Waals surface area contributed by atoms with Crippen molar-refractivity contribution >= 4 is 11.3 Å². The Morgan fingerprint density at radius 2 is 2.31 bits per heavy atom. The third-order valence-electron chi connectivity index (χ3n) is 2.98. The van der Waals surface area contributed by atoms with Gasteiger partial charge in [-0.25, -0.2) is 0 Å². The molecule has 1 fully saturated rings. The predicted octanol–water partition coefficient (Wildman–Crippen LogP) is 1.91. The summed E-state index contributed by atoms with van der Waals surface area (Å²) >= 11 is 1.80. The van der Waals surface area contributed by atoms with Crippen molar-refractivity contribution < 1.29 is 4.52 Å². The van der Waals surface area contributed by atoms with Gasteiger partial charge < -0.3 is 9.84 Å². The van der Waals surface area contributed by atoms with Crippen LogP contribution in [0.1, 0.15) is 28.4 Å². The van der Waals surface area contributed by atoms with Crippen LogP contribution in [-0.2, 0) is 0 Å². The van der Waals surface area contributed by atoms with Crippen LogP contribution in [0.5, 0.6) is 0 Å². The van der Waals surface area contributed by atoms with Gasteiger partial charge in [0.15, 0.2) is 5.82 Å². The highest BCUT2D eigenvalue weighted by Gasteiger charge is 2.34. The van der Waals surface area contributed by atoms with Crippen LogP contribution in [0.25, 0.3) is 0 Å². The molecule has 0 radical (unpaired) electrons. The number of nitrogens with zero attached hydrogens (tertiary/aromatic N) is 2. The van der Waals surface area contributed by atoms with E-state index in [9.17, 15) is 0 Å². The molecule has 2 atom stereocenters. The molecule has 0 bridgehead atoms. The van der Waals surface area contributed by atoms with Gasteiger partial charge >= 0.3 is 0 Å². The van der Waals surface area contributed by atoms with Gasteiger partial charge in [-0.05, 0) is 18.4 Å². The lowest BCUT2D eigenvalue weighted by molar-refractivity contribution is 0.349.